The number of H-pyrrole nitrogens is 1. The minimum Gasteiger partial charge on any atom is -0.310 e. The summed E-state index contributed by atoms with van der Waals surface area (Å²) in [4.78, 5) is 6.35. The first kappa shape index (κ1) is 13.4. The van der Waals surface area contributed by atoms with Crippen LogP contribution >= 0.6 is 0 Å². The number of anilines is 1. The highest BCUT2D eigenvalue weighted by molar-refractivity contribution is 6.12. The maximum absolute atomic E-state index is 14.4. The fraction of sp³-hybridized carbons (Fsp3) is 0.188. The second kappa shape index (κ2) is 4.73. The molecule has 2 aliphatic heterocycles. The van der Waals surface area contributed by atoms with E-state index in [0.29, 0.717) is 18.1 Å². The topological polar surface area (TPSA) is 62.1 Å². The van der Waals surface area contributed by atoms with Crippen molar-refractivity contribution in [2.24, 2.45) is 4.99 Å². The summed E-state index contributed by atoms with van der Waals surface area (Å²) in [6, 6.07) is 3.83. The van der Waals surface area contributed by atoms with E-state index in [0.717, 1.165) is 24.2 Å². The normalized spacial score (nSPS) is 15.6. The zero-order valence-electron chi connectivity index (χ0n) is 12.5. The summed E-state index contributed by atoms with van der Waals surface area (Å²) in [5.74, 6) is 0.340. The predicted octanol–water partition coefficient (Wildman–Crippen LogP) is 2.72. The molecule has 6 nitrogen and oxygen atoms in total. The van der Waals surface area contributed by atoms with Crippen molar-refractivity contribution >= 4 is 17.3 Å². The molecule has 0 saturated heterocycles. The van der Waals surface area contributed by atoms with Crippen LogP contribution in [0.2, 0.25) is 0 Å². The molecular weight excluding hydrogens is 314 g/mol. The van der Waals surface area contributed by atoms with E-state index in [1.54, 1.807) is 10.9 Å². The third kappa shape index (κ3) is 1.70. The fourth-order valence-electron chi connectivity index (χ4n) is 3.33. The average molecular weight is 326 g/mol. The van der Waals surface area contributed by atoms with E-state index >= 15 is 0 Å². The van der Waals surface area contributed by atoms with Crippen LogP contribution in [0.5, 0.6) is 0 Å². The van der Waals surface area contributed by atoms with Gasteiger partial charge in [0.25, 0.3) is 0 Å². The molecule has 2 aromatic heterocycles. The van der Waals surface area contributed by atoms with Gasteiger partial charge in [-0.2, -0.15) is 14.9 Å². The Kier molecular flexibility index (Phi) is 2.64. The van der Waals surface area contributed by atoms with Crippen molar-refractivity contribution in [3.8, 4) is 5.82 Å². The number of halogens is 2. The molecule has 5 rings (SSSR count). The number of amidine groups is 1. The van der Waals surface area contributed by atoms with Crippen LogP contribution in [0.4, 0.5) is 20.3 Å². The van der Waals surface area contributed by atoms with Gasteiger partial charge in [0.15, 0.2) is 5.82 Å². The van der Waals surface area contributed by atoms with E-state index in [4.69, 9.17) is 0 Å². The minimum atomic E-state index is -0.640. The summed E-state index contributed by atoms with van der Waals surface area (Å²) < 4.78 is 30.5. The van der Waals surface area contributed by atoms with E-state index in [-0.39, 0.29) is 11.4 Å². The molecule has 0 saturated carbocycles. The summed E-state index contributed by atoms with van der Waals surface area (Å²) in [6.07, 6.45) is 5.04. The van der Waals surface area contributed by atoms with Crippen molar-refractivity contribution in [1.29, 1.82) is 0 Å². The van der Waals surface area contributed by atoms with Crippen LogP contribution in [0.25, 0.3) is 5.82 Å². The zero-order chi connectivity index (χ0) is 16.3. The molecule has 0 bridgehead atoms. The number of hydrogen-bond acceptors (Lipinski definition) is 4. The SMILES string of the molecule is Fc1cccc(F)c1C1=Nc2cn[nH]c2-n2ncc3c2N1CCC3. The summed E-state index contributed by atoms with van der Waals surface area (Å²) in [6.45, 7) is 0.614. The van der Waals surface area contributed by atoms with E-state index in [9.17, 15) is 8.78 Å². The van der Waals surface area contributed by atoms with Gasteiger partial charge in [0.2, 0.25) is 0 Å². The number of aliphatic imine (C=N–C) groups is 1. The molecule has 120 valence electrons. The Labute approximate surface area is 135 Å². The number of aromatic amines is 1. The lowest BCUT2D eigenvalue weighted by Crippen LogP contribution is -2.37. The molecule has 24 heavy (non-hydrogen) atoms. The van der Waals surface area contributed by atoms with Crippen molar-refractivity contribution in [2.45, 2.75) is 12.8 Å². The molecule has 0 aliphatic carbocycles. The van der Waals surface area contributed by atoms with Gasteiger partial charge in [-0.25, -0.2) is 13.8 Å². The largest absolute Gasteiger partial charge is 0.310 e. The Bertz CT molecular complexity index is 966. The molecule has 8 heteroatoms. The molecule has 0 spiro atoms. The Morgan fingerprint density at radius 1 is 1.12 bits per heavy atom. The van der Waals surface area contributed by atoms with E-state index in [1.807, 2.05) is 4.90 Å². The Morgan fingerprint density at radius 2 is 1.96 bits per heavy atom. The highest BCUT2D eigenvalue weighted by Crippen LogP contribution is 2.37. The number of aromatic nitrogens is 4. The van der Waals surface area contributed by atoms with Gasteiger partial charge >= 0.3 is 0 Å². The van der Waals surface area contributed by atoms with Gasteiger partial charge in [-0.1, -0.05) is 6.07 Å². The first-order valence-electron chi connectivity index (χ1n) is 7.65. The lowest BCUT2D eigenvalue weighted by Gasteiger charge is -2.29. The van der Waals surface area contributed by atoms with Gasteiger partial charge in [-0.15, -0.1) is 0 Å². The van der Waals surface area contributed by atoms with Crippen LogP contribution in [0.3, 0.4) is 0 Å². The van der Waals surface area contributed by atoms with Crippen molar-refractivity contribution in [2.75, 3.05) is 11.4 Å². The Hall–Kier alpha value is -3.03. The van der Waals surface area contributed by atoms with Crippen LogP contribution in [0, 0.1) is 11.6 Å². The molecule has 0 radical (unpaired) electrons. The molecule has 4 heterocycles. The van der Waals surface area contributed by atoms with Crippen LogP contribution in [0.1, 0.15) is 17.5 Å². The van der Waals surface area contributed by atoms with Gasteiger partial charge in [-0.3, -0.25) is 5.10 Å². The Balaban J connectivity index is 1.84. The number of nitrogens with one attached hydrogen (secondary N) is 1. The Morgan fingerprint density at radius 3 is 2.79 bits per heavy atom. The molecular formula is C16H12F2N6. The van der Waals surface area contributed by atoms with E-state index in [1.165, 1.54) is 24.4 Å². The number of aryl methyl sites for hydroxylation is 1. The van der Waals surface area contributed by atoms with E-state index < -0.39 is 11.6 Å². The molecule has 3 aromatic rings. The van der Waals surface area contributed by atoms with Crippen LogP contribution in [0.15, 0.2) is 35.6 Å². The third-order valence-corrected chi connectivity index (χ3v) is 4.38. The third-order valence-electron chi connectivity index (χ3n) is 4.38. The second-order valence-corrected chi connectivity index (χ2v) is 5.80. The van der Waals surface area contributed by atoms with Crippen molar-refractivity contribution in [3.05, 3.63) is 53.4 Å². The van der Waals surface area contributed by atoms with Gasteiger partial charge in [0.1, 0.15) is 29.0 Å². The van der Waals surface area contributed by atoms with Gasteiger partial charge in [-0.05, 0) is 25.0 Å². The maximum atomic E-state index is 14.4. The molecule has 0 fully saturated rings. The van der Waals surface area contributed by atoms with Crippen LogP contribution in [-0.4, -0.2) is 32.4 Å². The number of rotatable bonds is 1. The molecule has 1 N–H and O–H groups in total. The van der Waals surface area contributed by atoms with E-state index in [2.05, 4.69) is 20.3 Å². The number of hydrogen-bond donors (Lipinski definition) is 1. The maximum Gasteiger partial charge on any atom is 0.177 e. The van der Waals surface area contributed by atoms with Gasteiger partial charge in [0.05, 0.1) is 18.0 Å². The summed E-state index contributed by atoms with van der Waals surface area (Å²) >= 11 is 0. The fourth-order valence-corrected chi connectivity index (χ4v) is 3.33. The van der Waals surface area contributed by atoms with Crippen LogP contribution < -0.4 is 4.90 Å². The average Bonchev–Trinajstić information content (AvgIpc) is 3.17. The monoisotopic (exact) mass is 326 g/mol. The standard InChI is InChI=1S/C16H12F2N6/c17-10-4-1-5-11(18)13(10)15-21-12-8-19-22-14(12)24-16-9(7-20-24)3-2-6-23(15)16/h1,4-5,7-8H,2-3,6H2,(H,19,22). The molecule has 2 aliphatic rings. The quantitative estimate of drug-likeness (QED) is 0.748. The predicted molar refractivity (Wildman–Crippen MR) is 83.9 cm³/mol. The molecule has 0 atom stereocenters. The lowest BCUT2D eigenvalue weighted by molar-refractivity contribution is 0.577. The second-order valence-electron chi connectivity index (χ2n) is 5.80. The highest BCUT2D eigenvalue weighted by Gasteiger charge is 2.33. The summed E-state index contributed by atoms with van der Waals surface area (Å²) in [5.41, 5.74) is 1.38. The number of benzene rings is 1. The first-order valence-corrected chi connectivity index (χ1v) is 7.65. The number of nitrogens with zero attached hydrogens (tertiary/aromatic N) is 5. The minimum absolute atomic E-state index is 0.132. The molecule has 0 unspecified atom stereocenters. The van der Waals surface area contributed by atoms with Gasteiger partial charge in [0, 0.05) is 12.1 Å². The van der Waals surface area contributed by atoms with Crippen LogP contribution in [-0.2, 0) is 6.42 Å². The zero-order valence-corrected chi connectivity index (χ0v) is 12.5. The van der Waals surface area contributed by atoms with Crippen molar-refractivity contribution in [3.63, 3.8) is 0 Å². The summed E-state index contributed by atoms with van der Waals surface area (Å²) in [7, 11) is 0. The highest BCUT2D eigenvalue weighted by atomic mass is 19.1. The smallest absolute Gasteiger partial charge is 0.177 e. The lowest BCUT2D eigenvalue weighted by atomic mass is 10.1. The molecule has 0 amide bonds. The first-order chi connectivity index (χ1) is 11.7. The van der Waals surface area contributed by atoms with Crippen molar-refractivity contribution < 1.29 is 8.78 Å². The molecule has 1 aromatic carbocycles. The van der Waals surface area contributed by atoms with Gasteiger partial charge < -0.3 is 4.90 Å². The number of fused-ring (bicyclic) bond motifs is 2. The summed E-state index contributed by atoms with van der Waals surface area (Å²) in [5, 5.41) is 11.3. The van der Waals surface area contributed by atoms with Crippen molar-refractivity contribution in [1.82, 2.24) is 20.0 Å².